The predicted molar refractivity (Wildman–Crippen MR) is 45.3 cm³/mol. The zero-order valence-electron chi connectivity index (χ0n) is 7.60. The molecule has 2 heterocycles. The van der Waals surface area contributed by atoms with Gasteiger partial charge in [0, 0.05) is 6.54 Å². The molecule has 14 heavy (non-hydrogen) atoms. The van der Waals surface area contributed by atoms with Crippen LogP contribution in [0.4, 0.5) is 0 Å². The molecule has 6 heteroatoms. The lowest BCUT2D eigenvalue weighted by molar-refractivity contribution is -0.164. The fraction of sp³-hybridized carbons (Fsp3) is 0.750. The lowest BCUT2D eigenvalue weighted by Crippen LogP contribution is -2.66. The van der Waals surface area contributed by atoms with Crippen molar-refractivity contribution in [1.29, 1.82) is 0 Å². The van der Waals surface area contributed by atoms with E-state index in [2.05, 4.69) is 5.32 Å². The minimum absolute atomic E-state index is 0.0491. The van der Waals surface area contributed by atoms with E-state index in [0.29, 0.717) is 13.2 Å². The molecule has 2 N–H and O–H groups in total. The number of fused-ring (bicyclic) bond motifs is 1. The molecule has 0 saturated carbocycles. The van der Waals surface area contributed by atoms with E-state index in [1.807, 2.05) is 0 Å². The van der Waals surface area contributed by atoms with Crippen LogP contribution in [0, 0.1) is 0 Å². The number of aliphatic hydroxyl groups is 1. The molecule has 2 amide bonds. The molecule has 2 aliphatic rings. The normalized spacial score (nSPS) is 32.5. The smallest absolute Gasteiger partial charge is 0.246 e. The first-order valence-electron chi connectivity index (χ1n) is 4.53. The zero-order chi connectivity index (χ0) is 10.1. The van der Waals surface area contributed by atoms with Gasteiger partial charge in [0.25, 0.3) is 0 Å². The second kappa shape index (κ2) is 3.55. The second-order valence-electron chi connectivity index (χ2n) is 3.34. The molecule has 2 fully saturated rings. The average molecular weight is 200 g/mol. The number of carbonyl (C=O) groups is 2. The van der Waals surface area contributed by atoms with Crippen LogP contribution in [0.5, 0.6) is 0 Å². The number of rotatable bonds is 1. The Morgan fingerprint density at radius 2 is 2.36 bits per heavy atom. The molecule has 78 valence electrons. The standard InChI is InChI=1S/C8H12N2O4/c11-4-5-7-8(13)9-3-6(12)10(7)1-2-14-5/h5,7,11H,1-4H2,(H,9,13). The van der Waals surface area contributed by atoms with E-state index in [1.54, 1.807) is 0 Å². The molecule has 0 aromatic carbocycles. The Morgan fingerprint density at radius 3 is 3.07 bits per heavy atom. The number of carbonyl (C=O) groups excluding carboxylic acids is 2. The largest absolute Gasteiger partial charge is 0.394 e. The Kier molecular flexibility index (Phi) is 2.39. The Labute approximate surface area is 80.8 Å². The lowest BCUT2D eigenvalue weighted by atomic mass is 10.0. The highest BCUT2D eigenvalue weighted by atomic mass is 16.5. The zero-order valence-corrected chi connectivity index (χ0v) is 7.60. The van der Waals surface area contributed by atoms with Crippen LogP contribution in [0.2, 0.25) is 0 Å². The van der Waals surface area contributed by atoms with Crippen LogP contribution in [0.25, 0.3) is 0 Å². The van der Waals surface area contributed by atoms with Gasteiger partial charge in [-0.3, -0.25) is 9.59 Å². The topological polar surface area (TPSA) is 78.9 Å². The molecule has 0 spiro atoms. The maximum atomic E-state index is 11.4. The van der Waals surface area contributed by atoms with E-state index in [4.69, 9.17) is 9.84 Å². The van der Waals surface area contributed by atoms with E-state index in [1.165, 1.54) is 4.90 Å². The van der Waals surface area contributed by atoms with Gasteiger partial charge in [0.05, 0.1) is 19.8 Å². The molecule has 6 nitrogen and oxygen atoms in total. The molecule has 2 unspecified atom stereocenters. The van der Waals surface area contributed by atoms with E-state index in [0.717, 1.165) is 0 Å². The van der Waals surface area contributed by atoms with Crippen molar-refractivity contribution in [2.45, 2.75) is 12.1 Å². The Balaban J connectivity index is 2.21. The summed E-state index contributed by atoms with van der Waals surface area (Å²) in [6.07, 6.45) is -0.590. The Morgan fingerprint density at radius 1 is 1.57 bits per heavy atom. The quantitative estimate of drug-likeness (QED) is 0.499. The van der Waals surface area contributed by atoms with Gasteiger partial charge >= 0.3 is 0 Å². The van der Waals surface area contributed by atoms with E-state index in [-0.39, 0.29) is 25.0 Å². The second-order valence-corrected chi connectivity index (χ2v) is 3.34. The van der Waals surface area contributed by atoms with Gasteiger partial charge in [-0.1, -0.05) is 0 Å². The van der Waals surface area contributed by atoms with Crippen LogP contribution in [-0.4, -0.2) is 60.3 Å². The number of amides is 2. The summed E-state index contributed by atoms with van der Waals surface area (Å²) in [6.45, 7) is 0.601. The molecule has 2 aliphatic heterocycles. The number of piperazine rings is 1. The van der Waals surface area contributed by atoms with Gasteiger partial charge < -0.3 is 20.1 Å². The first kappa shape index (κ1) is 9.42. The van der Waals surface area contributed by atoms with Gasteiger partial charge in [-0.05, 0) is 0 Å². The van der Waals surface area contributed by atoms with Gasteiger partial charge in [0.15, 0.2) is 0 Å². The van der Waals surface area contributed by atoms with Crippen molar-refractivity contribution in [3.63, 3.8) is 0 Å². The summed E-state index contributed by atoms with van der Waals surface area (Å²) in [7, 11) is 0. The minimum atomic E-state index is -0.657. The number of ether oxygens (including phenoxy) is 1. The van der Waals surface area contributed by atoms with Crippen LogP contribution in [0.1, 0.15) is 0 Å². The van der Waals surface area contributed by atoms with Crippen molar-refractivity contribution in [2.75, 3.05) is 26.3 Å². The number of hydrogen-bond donors (Lipinski definition) is 2. The molecular weight excluding hydrogens is 188 g/mol. The summed E-state index contributed by atoms with van der Waals surface area (Å²) in [5, 5.41) is 11.5. The number of nitrogens with one attached hydrogen (secondary N) is 1. The highest BCUT2D eigenvalue weighted by molar-refractivity contribution is 5.95. The Bertz CT molecular complexity index is 268. The highest BCUT2D eigenvalue weighted by Crippen LogP contribution is 2.16. The number of hydrogen-bond acceptors (Lipinski definition) is 4. The molecule has 0 aromatic rings. The molecule has 0 aliphatic carbocycles. The van der Waals surface area contributed by atoms with Crippen molar-refractivity contribution in [1.82, 2.24) is 10.2 Å². The SMILES string of the molecule is O=C1NCC(=O)N2CCOC(CO)C12. The van der Waals surface area contributed by atoms with Gasteiger partial charge in [-0.2, -0.15) is 0 Å². The average Bonchev–Trinajstić information content (AvgIpc) is 2.23. The van der Waals surface area contributed by atoms with Crippen LogP contribution >= 0.6 is 0 Å². The fourth-order valence-corrected chi connectivity index (χ4v) is 1.84. The fourth-order valence-electron chi connectivity index (χ4n) is 1.84. The van der Waals surface area contributed by atoms with Gasteiger partial charge in [0.2, 0.25) is 11.8 Å². The number of morpholine rings is 1. The molecular formula is C8H12N2O4. The van der Waals surface area contributed by atoms with Crippen molar-refractivity contribution >= 4 is 11.8 Å². The van der Waals surface area contributed by atoms with E-state index >= 15 is 0 Å². The minimum Gasteiger partial charge on any atom is -0.394 e. The predicted octanol–water partition coefficient (Wildman–Crippen LogP) is -2.30. The highest BCUT2D eigenvalue weighted by Gasteiger charge is 2.42. The summed E-state index contributed by atoms with van der Waals surface area (Å²) in [5.41, 5.74) is 0. The van der Waals surface area contributed by atoms with Crippen LogP contribution < -0.4 is 5.32 Å². The molecule has 2 saturated heterocycles. The maximum Gasteiger partial charge on any atom is 0.246 e. The third-order valence-electron chi connectivity index (χ3n) is 2.53. The van der Waals surface area contributed by atoms with E-state index < -0.39 is 12.1 Å². The lowest BCUT2D eigenvalue weighted by Gasteiger charge is -2.42. The maximum absolute atomic E-state index is 11.4. The molecule has 2 atom stereocenters. The van der Waals surface area contributed by atoms with Gasteiger partial charge in [-0.15, -0.1) is 0 Å². The van der Waals surface area contributed by atoms with Crippen molar-refractivity contribution in [3.8, 4) is 0 Å². The van der Waals surface area contributed by atoms with Crippen molar-refractivity contribution < 1.29 is 19.4 Å². The molecule has 2 rings (SSSR count). The van der Waals surface area contributed by atoms with Crippen LogP contribution in [-0.2, 0) is 14.3 Å². The van der Waals surface area contributed by atoms with Crippen molar-refractivity contribution in [3.05, 3.63) is 0 Å². The van der Waals surface area contributed by atoms with Crippen LogP contribution in [0.3, 0.4) is 0 Å². The van der Waals surface area contributed by atoms with Crippen molar-refractivity contribution in [2.24, 2.45) is 0 Å². The van der Waals surface area contributed by atoms with Crippen LogP contribution in [0.15, 0.2) is 0 Å². The molecule has 0 radical (unpaired) electrons. The number of aliphatic hydroxyl groups excluding tert-OH is 1. The summed E-state index contributed by atoms with van der Waals surface area (Å²) < 4.78 is 5.21. The third-order valence-corrected chi connectivity index (χ3v) is 2.53. The summed E-state index contributed by atoms with van der Waals surface area (Å²) in [4.78, 5) is 24.3. The molecule has 0 bridgehead atoms. The van der Waals surface area contributed by atoms with E-state index in [9.17, 15) is 9.59 Å². The monoisotopic (exact) mass is 200 g/mol. The van der Waals surface area contributed by atoms with Gasteiger partial charge in [0.1, 0.15) is 12.1 Å². The first-order valence-corrected chi connectivity index (χ1v) is 4.53. The summed E-state index contributed by atoms with van der Waals surface area (Å²) in [5.74, 6) is -0.361. The Hall–Kier alpha value is -1.14. The van der Waals surface area contributed by atoms with Gasteiger partial charge in [-0.25, -0.2) is 0 Å². The third kappa shape index (κ3) is 1.36. The number of nitrogens with zero attached hydrogens (tertiary/aromatic N) is 1. The molecule has 0 aromatic heterocycles. The summed E-state index contributed by atoms with van der Waals surface area (Å²) >= 11 is 0. The first-order chi connectivity index (χ1) is 6.74. The summed E-state index contributed by atoms with van der Waals surface area (Å²) in [6, 6.07) is -0.657.